The summed E-state index contributed by atoms with van der Waals surface area (Å²) in [5.74, 6) is 0.215. The van der Waals surface area contributed by atoms with Gasteiger partial charge in [0.05, 0.1) is 4.47 Å². The number of carbonyl (C=O) groups is 1. The molecule has 1 amide bonds. The van der Waals surface area contributed by atoms with Crippen LogP contribution in [0.3, 0.4) is 0 Å². The molecule has 21 heavy (non-hydrogen) atoms. The molecule has 0 aromatic heterocycles. The van der Waals surface area contributed by atoms with Gasteiger partial charge in [-0.3, -0.25) is 4.79 Å². The quantitative estimate of drug-likeness (QED) is 0.819. The second kappa shape index (κ2) is 7.90. The number of amides is 1. The highest BCUT2D eigenvalue weighted by Gasteiger charge is 2.15. The molecule has 0 spiro atoms. The van der Waals surface area contributed by atoms with Crippen LogP contribution in [0.5, 0.6) is 0 Å². The highest BCUT2D eigenvalue weighted by atomic mass is 79.9. The number of nitrogens with zero attached hydrogens (tertiary/aromatic N) is 1. The summed E-state index contributed by atoms with van der Waals surface area (Å²) in [5.41, 5.74) is 0.363. The van der Waals surface area contributed by atoms with E-state index in [0.29, 0.717) is 16.6 Å². The number of benzene rings is 1. The summed E-state index contributed by atoms with van der Waals surface area (Å²) in [4.78, 5) is 14.3. The Labute approximate surface area is 134 Å². The molecule has 2 rings (SSSR count). The van der Waals surface area contributed by atoms with Crippen LogP contribution in [0.2, 0.25) is 0 Å². The van der Waals surface area contributed by atoms with E-state index in [-0.39, 0.29) is 5.91 Å². The Morgan fingerprint density at radius 1 is 1.43 bits per heavy atom. The van der Waals surface area contributed by atoms with Crippen molar-refractivity contribution in [2.75, 3.05) is 26.2 Å². The average molecular weight is 357 g/mol. The van der Waals surface area contributed by atoms with E-state index < -0.39 is 5.82 Å². The van der Waals surface area contributed by atoms with Crippen LogP contribution in [-0.2, 0) is 0 Å². The van der Waals surface area contributed by atoms with Gasteiger partial charge in [-0.25, -0.2) is 4.39 Å². The normalized spacial score (nSPS) is 16.9. The first-order chi connectivity index (χ1) is 10.1. The lowest BCUT2D eigenvalue weighted by Crippen LogP contribution is -2.35. The molecular formula is C16H22BrFN2O. The number of halogens is 2. The Hall–Kier alpha value is -0.940. The lowest BCUT2D eigenvalue weighted by atomic mass is 9.99. The van der Waals surface area contributed by atoms with Crippen LogP contribution in [0.25, 0.3) is 0 Å². The Balaban J connectivity index is 1.68. The van der Waals surface area contributed by atoms with E-state index in [9.17, 15) is 9.18 Å². The van der Waals surface area contributed by atoms with Crippen LogP contribution in [-0.4, -0.2) is 37.0 Å². The van der Waals surface area contributed by atoms with Crippen LogP contribution in [0, 0.1) is 11.7 Å². The third kappa shape index (κ3) is 5.08. The molecule has 5 heteroatoms. The summed E-state index contributed by atoms with van der Waals surface area (Å²) in [5, 5.41) is 2.85. The molecular weight excluding hydrogens is 335 g/mol. The topological polar surface area (TPSA) is 32.3 Å². The van der Waals surface area contributed by atoms with E-state index in [1.54, 1.807) is 12.1 Å². The van der Waals surface area contributed by atoms with Crippen LogP contribution < -0.4 is 5.32 Å². The molecule has 1 N–H and O–H groups in total. The van der Waals surface area contributed by atoms with Crippen molar-refractivity contribution in [1.82, 2.24) is 10.2 Å². The van der Waals surface area contributed by atoms with Gasteiger partial charge in [0.25, 0.3) is 5.91 Å². The number of piperidine rings is 1. The van der Waals surface area contributed by atoms with Gasteiger partial charge in [-0.05, 0) is 78.9 Å². The fourth-order valence-electron chi connectivity index (χ4n) is 2.53. The molecule has 0 saturated carbocycles. The van der Waals surface area contributed by atoms with Gasteiger partial charge in [-0.15, -0.1) is 0 Å². The van der Waals surface area contributed by atoms with E-state index >= 15 is 0 Å². The minimum atomic E-state index is -0.412. The number of rotatable bonds is 5. The Morgan fingerprint density at radius 3 is 2.81 bits per heavy atom. The maximum Gasteiger partial charge on any atom is 0.251 e. The molecule has 1 saturated heterocycles. The van der Waals surface area contributed by atoms with Gasteiger partial charge in [0, 0.05) is 12.1 Å². The lowest BCUT2D eigenvalue weighted by Gasteiger charge is -2.30. The summed E-state index contributed by atoms with van der Waals surface area (Å²) in [6.45, 7) is 6.26. The number of likely N-dealkylation sites (tertiary alicyclic amines) is 1. The first-order valence-electron chi connectivity index (χ1n) is 7.52. The largest absolute Gasteiger partial charge is 0.352 e. The molecule has 1 aromatic rings. The molecule has 3 nitrogen and oxygen atoms in total. The van der Waals surface area contributed by atoms with Gasteiger partial charge in [-0.1, -0.05) is 6.92 Å². The smallest absolute Gasteiger partial charge is 0.251 e. The van der Waals surface area contributed by atoms with Gasteiger partial charge in [0.1, 0.15) is 5.82 Å². The van der Waals surface area contributed by atoms with Crippen molar-refractivity contribution < 1.29 is 9.18 Å². The zero-order valence-electron chi connectivity index (χ0n) is 12.4. The SMILES string of the molecule is CC1CCN(CCCNC(=O)c2ccc(Br)c(F)c2)CC1. The number of hydrogen-bond donors (Lipinski definition) is 1. The molecule has 1 aliphatic heterocycles. The predicted molar refractivity (Wildman–Crippen MR) is 85.9 cm³/mol. The Kier molecular flexibility index (Phi) is 6.18. The van der Waals surface area contributed by atoms with Crippen molar-refractivity contribution in [3.63, 3.8) is 0 Å². The second-order valence-corrected chi connectivity index (χ2v) is 6.62. The maximum absolute atomic E-state index is 13.4. The predicted octanol–water partition coefficient (Wildman–Crippen LogP) is 3.44. The average Bonchev–Trinajstić information content (AvgIpc) is 2.48. The highest BCUT2D eigenvalue weighted by molar-refractivity contribution is 9.10. The van der Waals surface area contributed by atoms with Crippen molar-refractivity contribution in [2.24, 2.45) is 5.92 Å². The van der Waals surface area contributed by atoms with Gasteiger partial charge in [0.15, 0.2) is 0 Å². The summed E-state index contributed by atoms with van der Waals surface area (Å²) in [6, 6.07) is 4.43. The Bertz CT molecular complexity index is 487. The minimum Gasteiger partial charge on any atom is -0.352 e. The van der Waals surface area contributed by atoms with Crippen LogP contribution in [0.1, 0.15) is 36.5 Å². The minimum absolute atomic E-state index is 0.214. The number of hydrogen-bond acceptors (Lipinski definition) is 2. The summed E-state index contributed by atoms with van der Waals surface area (Å²) >= 11 is 3.08. The number of nitrogens with one attached hydrogen (secondary N) is 1. The number of carbonyl (C=O) groups excluding carboxylic acids is 1. The monoisotopic (exact) mass is 356 g/mol. The fraction of sp³-hybridized carbons (Fsp3) is 0.562. The molecule has 0 bridgehead atoms. The summed E-state index contributed by atoms with van der Waals surface area (Å²) in [6.07, 6.45) is 3.47. The van der Waals surface area contributed by atoms with E-state index in [1.165, 1.54) is 18.9 Å². The molecule has 0 aliphatic carbocycles. The zero-order valence-corrected chi connectivity index (χ0v) is 14.0. The molecule has 1 aliphatic rings. The van der Waals surface area contributed by atoms with Gasteiger partial charge >= 0.3 is 0 Å². The zero-order chi connectivity index (χ0) is 15.2. The third-order valence-electron chi connectivity index (χ3n) is 3.99. The van der Waals surface area contributed by atoms with Gasteiger partial charge in [0.2, 0.25) is 0 Å². The fourth-order valence-corrected chi connectivity index (χ4v) is 2.78. The molecule has 0 radical (unpaired) electrons. The van der Waals surface area contributed by atoms with Gasteiger partial charge < -0.3 is 10.2 Å². The third-order valence-corrected chi connectivity index (χ3v) is 4.64. The standard InChI is InChI=1S/C16H22BrFN2O/c1-12-5-9-20(10-6-12)8-2-7-19-16(21)13-3-4-14(17)15(18)11-13/h3-4,11-12H,2,5-10H2,1H3,(H,19,21). The van der Waals surface area contributed by atoms with Crippen molar-refractivity contribution in [1.29, 1.82) is 0 Å². The Morgan fingerprint density at radius 2 is 2.14 bits per heavy atom. The summed E-state index contributed by atoms with van der Waals surface area (Å²) < 4.78 is 13.7. The van der Waals surface area contributed by atoms with Crippen molar-refractivity contribution in [3.8, 4) is 0 Å². The van der Waals surface area contributed by atoms with E-state index in [2.05, 4.69) is 33.1 Å². The maximum atomic E-state index is 13.4. The molecule has 0 unspecified atom stereocenters. The van der Waals surface area contributed by atoms with Crippen molar-refractivity contribution >= 4 is 21.8 Å². The van der Waals surface area contributed by atoms with E-state index in [1.807, 2.05) is 0 Å². The van der Waals surface area contributed by atoms with Crippen LogP contribution in [0.4, 0.5) is 4.39 Å². The molecule has 1 aromatic carbocycles. The van der Waals surface area contributed by atoms with Crippen LogP contribution in [0.15, 0.2) is 22.7 Å². The summed E-state index contributed by atoms with van der Waals surface area (Å²) in [7, 11) is 0. The molecule has 1 heterocycles. The highest BCUT2D eigenvalue weighted by Crippen LogP contribution is 2.17. The van der Waals surface area contributed by atoms with Crippen molar-refractivity contribution in [2.45, 2.75) is 26.2 Å². The van der Waals surface area contributed by atoms with Crippen LogP contribution >= 0.6 is 15.9 Å². The molecule has 0 atom stereocenters. The van der Waals surface area contributed by atoms with E-state index in [4.69, 9.17) is 0 Å². The second-order valence-electron chi connectivity index (χ2n) is 5.76. The first kappa shape index (κ1) is 16.4. The van der Waals surface area contributed by atoms with E-state index in [0.717, 1.165) is 32.0 Å². The van der Waals surface area contributed by atoms with Crippen molar-refractivity contribution in [3.05, 3.63) is 34.1 Å². The molecule has 116 valence electrons. The lowest BCUT2D eigenvalue weighted by molar-refractivity contribution is 0.0950. The van der Waals surface area contributed by atoms with Gasteiger partial charge in [-0.2, -0.15) is 0 Å². The first-order valence-corrected chi connectivity index (χ1v) is 8.31. The molecule has 1 fully saturated rings.